The third kappa shape index (κ3) is 3.54. The molecule has 0 bridgehead atoms. The van der Waals surface area contributed by atoms with Gasteiger partial charge in [0.05, 0.1) is 22.9 Å². The second-order valence-corrected chi connectivity index (χ2v) is 9.88. The van der Waals surface area contributed by atoms with Gasteiger partial charge in [-0.25, -0.2) is 9.97 Å². The summed E-state index contributed by atoms with van der Waals surface area (Å²) in [4.78, 5) is 9.73. The summed E-state index contributed by atoms with van der Waals surface area (Å²) in [5.74, 6) is 1.11. The fraction of sp³-hybridized carbons (Fsp3) is 0.348. The maximum atomic E-state index is 9.38. The third-order valence-electron chi connectivity index (χ3n) is 6.78. The summed E-state index contributed by atoms with van der Waals surface area (Å²) in [6.45, 7) is 1.77. The van der Waals surface area contributed by atoms with Crippen molar-refractivity contribution in [3.05, 3.63) is 64.2 Å². The number of nitriles is 1. The molecule has 2 aromatic heterocycles. The quantitative estimate of drug-likeness (QED) is 0.518. The number of benzene rings is 1. The van der Waals surface area contributed by atoms with E-state index in [1.807, 2.05) is 24.3 Å². The van der Waals surface area contributed by atoms with Crippen LogP contribution >= 0.6 is 23.4 Å². The van der Waals surface area contributed by atoms with Gasteiger partial charge in [-0.15, -0.1) is 10.2 Å². The van der Waals surface area contributed by atoms with Crippen molar-refractivity contribution in [1.82, 2.24) is 25.5 Å². The molecule has 1 aliphatic heterocycles. The number of nitrogens with two attached hydrogens (primary N) is 1. The summed E-state index contributed by atoms with van der Waals surface area (Å²) in [6, 6.07) is 9.81. The molecule has 1 atom stereocenters. The molecule has 3 aromatic rings. The first kappa shape index (κ1) is 22.0. The monoisotopic (exact) mass is 478 g/mol. The van der Waals surface area contributed by atoms with Gasteiger partial charge in [0.15, 0.2) is 5.82 Å². The molecule has 0 radical (unpaired) electrons. The standard InChI is InChI=1S/C23H23ClN8S/c1-27-20-19(24)17(4-7-29-20)33-18-13-30-21(32-31-18)23(26)16-3-2-14(12-25)10-15(16)11-22(23)5-8-28-9-6-22/h2-4,7,10,13,28H,5-6,8-9,11,26H2,1H3,(H,27,29)/t23-/m0/s1. The van der Waals surface area contributed by atoms with Crippen LogP contribution in [0.3, 0.4) is 0 Å². The lowest BCUT2D eigenvalue weighted by Gasteiger charge is -2.45. The van der Waals surface area contributed by atoms with E-state index in [1.54, 1.807) is 19.4 Å². The number of piperidine rings is 1. The van der Waals surface area contributed by atoms with E-state index in [1.165, 1.54) is 11.8 Å². The van der Waals surface area contributed by atoms with Crippen LogP contribution in [0.4, 0.5) is 5.82 Å². The van der Waals surface area contributed by atoms with Crippen LogP contribution in [0.2, 0.25) is 5.02 Å². The van der Waals surface area contributed by atoms with Gasteiger partial charge in [0.25, 0.3) is 0 Å². The van der Waals surface area contributed by atoms with Crippen LogP contribution in [-0.4, -0.2) is 40.3 Å². The number of aromatic nitrogens is 4. The zero-order chi connectivity index (χ0) is 23.1. The van der Waals surface area contributed by atoms with Crippen molar-refractivity contribution in [2.75, 3.05) is 25.5 Å². The van der Waals surface area contributed by atoms with Crippen LogP contribution in [0, 0.1) is 16.7 Å². The van der Waals surface area contributed by atoms with Gasteiger partial charge >= 0.3 is 0 Å². The van der Waals surface area contributed by atoms with E-state index in [0.29, 0.717) is 27.3 Å². The number of fused-ring (bicyclic) bond motifs is 1. The highest BCUT2D eigenvalue weighted by Gasteiger charge is 2.58. The van der Waals surface area contributed by atoms with Gasteiger partial charge in [0.2, 0.25) is 0 Å². The normalized spacial score (nSPS) is 20.9. The fourth-order valence-electron chi connectivity index (χ4n) is 5.10. The lowest BCUT2D eigenvalue weighted by Crippen LogP contribution is -2.56. The van der Waals surface area contributed by atoms with Gasteiger partial charge in [0, 0.05) is 23.6 Å². The third-order valence-corrected chi connectivity index (χ3v) is 8.23. The Morgan fingerprint density at radius 3 is 2.73 bits per heavy atom. The molecule has 0 saturated carbocycles. The van der Waals surface area contributed by atoms with Gasteiger partial charge in [-0.3, -0.25) is 0 Å². The van der Waals surface area contributed by atoms with Crippen molar-refractivity contribution >= 4 is 29.2 Å². The first-order chi connectivity index (χ1) is 16.0. The van der Waals surface area contributed by atoms with Crippen molar-refractivity contribution < 1.29 is 0 Å². The second-order valence-electron chi connectivity index (χ2n) is 8.44. The van der Waals surface area contributed by atoms with Crippen molar-refractivity contribution in [2.45, 2.75) is 34.7 Å². The van der Waals surface area contributed by atoms with Crippen LogP contribution < -0.4 is 16.4 Å². The molecule has 3 heterocycles. The van der Waals surface area contributed by atoms with E-state index in [-0.39, 0.29) is 5.41 Å². The van der Waals surface area contributed by atoms with E-state index in [2.05, 4.69) is 31.9 Å². The fourth-order valence-corrected chi connectivity index (χ4v) is 6.15. The molecule has 1 spiro atoms. The molecule has 1 aliphatic carbocycles. The summed E-state index contributed by atoms with van der Waals surface area (Å²) in [5.41, 5.74) is 8.87. The molecule has 1 aromatic carbocycles. The molecular formula is C23H23ClN8S. The van der Waals surface area contributed by atoms with Crippen LogP contribution in [0.5, 0.6) is 0 Å². The SMILES string of the molecule is CNc1nccc(Sc2cnc([C@@]3(N)c4ccc(C#N)cc4CC34CCNCC4)nn2)c1Cl. The van der Waals surface area contributed by atoms with Gasteiger partial charge in [-0.1, -0.05) is 29.4 Å². The zero-order valence-corrected chi connectivity index (χ0v) is 19.7. The maximum absolute atomic E-state index is 9.38. The largest absolute Gasteiger partial charge is 0.372 e. The molecule has 10 heteroatoms. The minimum absolute atomic E-state index is 0.221. The molecule has 5 rings (SSSR count). The molecule has 2 aliphatic rings. The number of hydrogen-bond acceptors (Lipinski definition) is 9. The van der Waals surface area contributed by atoms with Crippen LogP contribution in [0.15, 0.2) is 46.6 Å². The van der Waals surface area contributed by atoms with Gasteiger partial charge < -0.3 is 16.4 Å². The molecule has 0 unspecified atom stereocenters. The number of rotatable bonds is 4. The summed E-state index contributed by atoms with van der Waals surface area (Å²) in [7, 11) is 1.77. The summed E-state index contributed by atoms with van der Waals surface area (Å²) >= 11 is 7.81. The van der Waals surface area contributed by atoms with Gasteiger partial charge in [-0.2, -0.15) is 5.26 Å². The average molecular weight is 479 g/mol. The molecule has 33 heavy (non-hydrogen) atoms. The topological polar surface area (TPSA) is 125 Å². The Morgan fingerprint density at radius 1 is 1.21 bits per heavy atom. The van der Waals surface area contributed by atoms with E-state index in [4.69, 9.17) is 22.3 Å². The Bertz CT molecular complexity index is 1240. The van der Waals surface area contributed by atoms with Crippen LogP contribution in [-0.2, 0) is 12.0 Å². The van der Waals surface area contributed by atoms with Gasteiger partial charge in [0.1, 0.15) is 16.4 Å². The van der Waals surface area contributed by atoms with Crippen LogP contribution in [0.25, 0.3) is 0 Å². The Balaban J connectivity index is 1.53. The molecule has 1 fully saturated rings. The van der Waals surface area contributed by atoms with Crippen molar-refractivity contribution in [1.29, 1.82) is 5.26 Å². The summed E-state index contributed by atoms with van der Waals surface area (Å²) < 4.78 is 0. The van der Waals surface area contributed by atoms with Crippen molar-refractivity contribution in [2.24, 2.45) is 11.1 Å². The Labute approximate surface area is 201 Å². The van der Waals surface area contributed by atoms with E-state index in [9.17, 15) is 5.26 Å². The minimum Gasteiger partial charge on any atom is -0.372 e. The van der Waals surface area contributed by atoms with Crippen molar-refractivity contribution in [3.8, 4) is 6.07 Å². The smallest absolute Gasteiger partial charge is 0.176 e. The number of nitrogens with zero attached hydrogens (tertiary/aromatic N) is 5. The summed E-state index contributed by atoms with van der Waals surface area (Å²) in [5, 5.41) is 25.9. The number of anilines is 1. The molecule has 168 valence electrons. The Kier molecular flexibility index (Phi) is 5.70. The van der Waals surface area contributed by atoms with E-state index in [0.717, 1.165) is 48.4 Å². The zero-order valence-electron chi connectivity index (χ0n) is 18.1. The second kappa shape index (κ2) is 8.54. The average Bonchev–Trinajstić information content (AvgIpc) is 3.08. The predicted octanol–water partition coefficient (Wildman–Crippen LogP) is 3.11. The molecule has 1 saturated heterocycles. The van der Waals surface area contributed by atoms with Gasteiger partial charge in [-0.05, 0) is 61.7 Å². The number of halogens is 1. The first-order valence-corrected chi connectivity index (χ1v) is 11.9. The molecule has 4 N–H and O–H groups in total. The minimum atomic E-state index is -0.873. The van der Waals surface area contributed by atoms with Crippen LogP contribution in [0.1, 0.15) is 35.4 Å². The lowest BCUT2D eigenvalue weighted by molar-refractivity contribution is 0.113. The molecule has 0 amide bonds. The summed E-state index contributed by atoms with van der Waals surface area (Å²) in [6.07, 6.45) is 6.00. The molecular weight excluding hydrogens is 456 g/mol. The molecule has 8 nitrogen and oxygen atoms in total. The number of pyridine rings is 1. The Hall–Kier alpha value is -2.77. The number of hydrogen-bond donors (Lipinski definition) is 3. The van der Waals surface area contributed by atoms with E-state index < -0.39 is 5.54 Å². The Morgan fingerprint density at radius 2 is 2.03 bits per heavy atom. The lowest BCUT2D eigenvalue weighted by atomic mass is 9.64. The predicted molar refractivity (Wildman–Crippen MR) is 127 cm³/mol. The number of nitrogens with one attached hydrogen (secondary N) is 2. The first-order valence-electron chi connectivity index (χ1n) is 10.7. The highest BCUT2D eigenvalue weighted by molar-refractivity contribution is 7.99. The maximum Gasteiger partial charge on any atom is 0.176 e. The van der Waals surface area contributed by atoms with E-state index >= 15 is 0 Å². The van der Waals surface area contributed by atoms with Crippen molar-refractivity contribution in [3.63, 3.8) is 0 Å². The highest BCUT2D eigenvalue weighted by Crippen LogP contribution is 2.56. The highest BCUT2D eigenvalue weighted by atomic mass is 35.5.